The molecule has 1 fully saturated rings. The summed E-state index contributed by atoms with van der Waals surface area (Å²) in [4.78, 5) is 0. The summed E-state index contributed by atoms with van der Waals surface area (Å²) in [7, 11) is 0. The Labute approximate surface area is 68.6 Å². The van der Waals surface area contributed by atoms with Crippen LogP contribution in [0.1, 0.15) is 0 Å². The Morgan fingerprint density at radius 2 is 1.75 bits per heavy atom. The maximum Gasteiger partial charge on any atom is 0.184 e. The summed E-state index contributed by atoms with van der Waals surface area (Å²) in [5, 5.41) is 44.4. The van der Waals surface area contributed by atoms with Crippen molar-refractivity contribution < 1.29 is 30.3 Å². The minimum absolute atomic E-state index is 0.596. The van der Waals surface area contributed by atoms with Crippen molar-refractivity contribution in [3.63, 3.8) is 0 Å². The van der Waals surface area contributed by atoms with Gasteiger partial charge in [0.1, 0.15) is 24.4 Å². The monoisotopic (exact) mass is 180 g/mol. The van der Waals surface area contributed by atoms with Gasteiger partial charge < -0.3 is 30.3 Å². The van der Waals surface area contributed by atoms with E-state index < -0.39 is 37.3 Å². The molecule has 0 saturated carbocycles. The number of rotatable bonds is 2. The molecule has 12 heavy (non-hydrogen) atoms. The summed E-state index contributed by atoms with van der Waals surface area (Å²) in [6, 6.07) is 0. The first kappa shape index (κ1) is 9.85. The molecule has 1 aliphatic rings. The van der Waals surface area contributed by atoms with Crippen molar-refractivity contribution in [3.8, 4) is 0 Å². The van der Waals surface area contributed by atoms with Crippen LogP contribution in [-0.2, 0) is 4.74 Å². The summed E-state index contributed by atoms with van der Waals surface area (Å²) in [6.45, 7) is -0.596. The van der Waals surface area contributed by atoms with Crippen molar-refractivity contribution in [2.45, 2.75) is 30.7 Å². The Balaban J connectivity index is 2.58. The van der Waals surface area contributed by atoms with Crippen LogP contribution in [0, 0.1) is 0 Å². The first-order valence-electron chi connectivity index (χ1n) is 3.56. The van der Waals surface area contributed by atoms with Crippen LogP contribution in [0.3, 0.4) is 0 Å². The second-order valence-electron chi connectivity index (χ2n) is 2.72. The highest BCUT2D eigenvalue weighted by atomic mass is 16.6. The van der Waals surface area contributed by atoms with E-state index >= 15 is 0 Å². The van der Waals surface area contributed by atoms with Crippen LogP contribution in [0.2, 0.25) is 0 Å². The third-order valence-corrected chi connectivity index (χ3v) is 1.84. The fourth-order valence-corrected chi connectivity index (χ4v) is 1.11. The molecule has 1 aliphatic heterocycles. The van der Waals surface area contributed by atoms with E-state index in [0.29, 0.717) is 0 Å². The molecule has 1 saturated heterocycles. The van der Waals surface area contributed by atoms with E-state index in [0.717, 1.165) is 0 Å². The molecule has 6 heteroatoms. The molecule has 0 radical (unpaired) electrons. The molecule has 6 nitrogen and oxygen atoms in total. The van der Waals surface area contributed by atoms with Gasteiger partial charge in [0.15, 0.2) is 6.29 Å². The number of aliphatic hydroxyl groups is 5. The normalized spacial score (nSPS) is 44.8. The van der Waals surface area contributed by atoms with E-state index in [-0.39, 0.29) is 0 Å². The van der Waals surface area contributed by atoms with E-state index in [9.17, 15) is 0 Å². The standard InChI is InChI=1S/C6H12O6/c7-1-2(8)5-3(9)4(10)6(11)12-5/h2-11H,1H2/t2?,3-,4-,5+,6-/m1/s1. The molecule has 1 heterocycles. The average molecular weight is 180 g/mol. The maximum absolute atomic E-state index is 9.12. The summed E-state index contributed by atoms with van der Waals surface area (Å²) in [6.07, 6.45) is -6.75. The summed E-state index contributed by atoms with van der Waals surface area (Å²) < 4.78 is 4.58. The molecule has 0 aliphatic carbocycles. The molecule has 0 aromatic carbocycles. The second kappa shape index (κ2) is 3.65. The molecule has 1 rings (SSSR count). The molecule has 0 bridgehead atoms. The van der Waals surface area contributed by atoms with Crippen LogP contribution in [0.15, 0.2) is 0 Å². The Morgan fingerprint density at radius 1 is 1.17 bits per heavy atom. The lowest BCUT2D eigenvalue weighted by atomic mass is 10.1. The molecular formula is C6H12O6. The number of hydrogen-bond acceptors (Lipinski definition) is 6. The predicted molar refractivity (Wildman–Crippen MR) is 36.0 cm³/mol. The Hall–Kier alpha value is -0.240. The lowest BCUT2D eigenvalue weighted by Crippen LogP contribution is -2.40. The number of aliphatic hydroxyl groups excluding tert-OH is 5. The molecule has 0 aromatic heterocycles. The van der Waals surface area contributed by atoms with Gasteiger partial charge in [-0.15, -0.1) is 0 Å². The lowest BCUT2D eigenvalue weighted by molar-refractivity contribution is -0.150. The van der Waals surface area contributed by atoms with Gasteiger partial charge >= 0.3 is 0 Å². The van der Waals surface area contributed by atoms with E-state index in [2.05, 4.69) is 4.74 Å². The van der Waals surface area contributed by atoms with Crippen LogP contribution >= 0.6 is 0 Å². The van der Waals surface area contributed by atoms with Crippen LogP contribution in [0.25, 0.3) is 0 Å². The van der Waals surface area contributed by atoms with Crippen molar-refractivity contribution in [2.75, 3.05) is 6.61 Å². The SMILES string of the molecule is OCC(O)[C@@H]1O[C@@H](O)[C@H](O)[C@H]1O. The first-order valence-corrected chi connectivity index (χ1v) is 3.56. The van der Waals surface area contributed by atoms with Gasteiger partial charge in [0.2, 0.25) is 0 Å². The molecule has 5 N–H and O–H groups in total. The lowest BCUT2D eigenvalue weighted by Gasteiger charge is -2.18. The van der Waals surface area contributed by atoms with Crippen molar-refractivity contribution in [1.29, 1.82) is 0 Å². The fraction of sp³-hybridized carbons (Fsp3) is 1.00. The molecule has 5 atom stereocenters. The second-order valence-corrected chi connectivity index (χ2v) is 2.72. The average Bonchev–Trinajstić information content (AvgIpc) is 2.32. The molecule has 1 unspecified atom stereocenters. The fourth-order valence-electron chi connectivity index (χ4n) is 1.11. The van der Waals surface area contributed by atoms with Gasteiger partial charge in [0.05, 0.1) is 6.61 Å². The van der Waals surface area contributed by atoms with Crippen molar-refractivity contribution in [3.05, 3.63) is 0 Å². The molecule has 72 valence electrons. The van der Waals surface area contributed by atoms with Crippen LogP contribution in [-0.4, -0.2) is 62.8 Å². The topological polar surface area (TPSA) is 110 Å². The molecule has 0 amide bonds. The zero-order valence-corrected chi connectivity index (χ0v) is 6.24. The van der Waals surface area contributed by atoms with E-state index in [4.69, 9.17) is 25.5 Å². The minimum Gasteiger partial charge on any atom is -0.394 e. The van der Waals surface area contributed by atoms with Gasteiger partial charge in [-0.05, 0) is 0 Å². The largest absolute Gasteiger partial charge is 0.394 e. The van der Waals surface area contributed by atoms with Gasteiger partial charge in [-0.25, -0.2) is 0 Å². The van der Waals surface area contributed by atoms with Crippen molar-refractivity contribution in [1.82, 2.24) is 0 Å². The van der Waals surface area contributed by atoms with Crippen LogP contribution in [0.4, 0.5) is 0 Å². The molecule has 0 spiro atoms. The Bertz CT molecular complexity index is 151. The Kier molecular flexibility index (Phi) is 2.99. The van der Waals surface area contributed by atoms with E-state index in [1.807, 2.05) is 0 Å². The third kappa shape index (κ3) is 1.58. The van der Waals surface area contributed by atoms with Gasteiger partial charge in [-0.1, -0.05) is 0 Å². The third-order valence-electron chi connectivity index (χ3n) is 1.84. The highest BCUT2D eigenvalue weighted by Gasteiger charge is 2.44. The molecular weight excluding hydrogens is 168 g/mol. The molecule has 0 aromatic rings. The zero-order valence-electron chi connectivity index (χ0n) is 6.24. The first-order chi connectivity index (χ1) is 5.57. The Morgan fingerprint density at radius 3 is 2.08 bits per heavy atom. The van der Waals surface area contributed by atoms with E-state index in [1.54, 1.807) is 0 Å². The van der Waals surface area contributed by atoms with E-state index in [1.165, 1.54) is 0 Å². The highest BCUT2D eigenvalue weighted by Crippen LogP contribution is 2.21. The van der Waals surface area contributed by atoms with Gasteiger partial charge in [-0.3, -0.25) is 0 Å². The number of hydrogen-bond donors (Lipinski definition) is 5. The van der Waals surface area contributed by atoms with Gasteiger partial charge in [0.25, 0.3) is 0 Å². The summed E-state index contributed by atoms with van der Waals surface area (Å²) >= 11 is 0. The summed E-state index contributed by atoms with van der Waals surface area (Å²) in [5.41, 5.74) is 0. The summed E-state index contributed by atoms with van der Waals surface area (Å²) in [5.74, 6) is 0. The number of ether oxygens (including phenoxy) is 1. The zero-order chi connectivity index (χ0) is 9.30. The highest BCUT2D eigenvalue weighted by molar-refractivity contribution is 4.89. The predicted octanol–water partition coefficient (Wildman–Crippen LogP) is -3.22. The van der Waals surface area contributed by atoms with Crippen molar-refractivity contribution in [2.24, 2.45) is 0 Å². The van der Waals surface area contributed by atoms with Crippen molar-refractivity contribution >= 4 is 0 Å². The van der Waals surface area contributed by atoms with Crippen LogP contribution in [0.5, 0.6) is 0 Å². The maximum atomic E-state index is 9.12. The smallest absolute Gasteiger partial charge is 0.184 e. The minimum atomic E-state index is -1.51. The van der Waals surface area contributed by atoms with Gasteiger partial charge in [-0.2, -0.15) is 0 Å². The quantitative estimate of drug-likeness (QED) is 0.306. The van der Waals surface area contributed by atoms with Crippen LogP contribution < -0.4 is 0 Å². The van der Waals surface area contributed by atoms with Gasteiger partial charge in [0, 0.05) is 0 Å².